The van der Waals surface area contributed by atoms with Gasteiger partial charge in [0.25, 0.3) is 0 Å². The first-order valence-corrected chi connectivity index (χ1v) is 9.90. The van der Waals surface area contributed by atoms with Crippen LogP contribution in [-0.4, -0.2) is 40.8 Å². The van der Waals surface area contributed by atoms with E-state index in [9.17, 15) is 5.11 Å². The van der Waals surface area contributed by atoms with Gasteiger partial charge in [-0.15, -0.1) is 0 Å². The van der Waals surface area contributed by atoms with E-state index in [1.54, 1.807) is 0 Å². The first kappa shape index (κ1) is 17.0. The Hall–Kier alpha value is -2.16. The van der Waals surface area contributed by atoms with Gasteiger partial charge in [0.05, 0.1) is 17.9 Å². The predicted octanol–water partition coefficient (Wildman–Crippen LogP) is 4.65. The van der Waals surface area contributed by atoms with Gasteiger partial charge >= 0.3 is 0 Å². The molecule has 1 aromatic heterocycles. The number of aromatic hydroxyl groups is 1. The average Bonchev–Trinajstić information content (AvgIpc) is 3.32. The lowest BCUT2D eigenvalue weighted by Gasteiger charge is -2.05. The van der Waals surface area contributed by atoms with Crippen LogP contribution >= 0.6 is 31.9 Å². The highest BCUT2D eigenvalue weighted by molar-refractivity contribution is 9.10. The Morgan fingerprint density at radius 1 is 1.22 bits per heavy atom. The molecule has 1 atom stereocenters. The van der Waals surface area contributed by atoms with Crippen molar-refractivity contribution >= 4 is 59.9 Å². The number of hydrogen-bond acceptors (Lipinski definition) is 5. The van der Waals surface area contributed by atoms with Gasteiger partial charge in [-0.05, 0) is 36.4 Å². The SMILES string of the molecule is Oc1[nH]c2ccc(Br)cc2c1C1=Nc2ccc(Br)cc2/C1=N\OCC1CO1. The molecule has 0 aliphatic carbocycles. The molecular formula is C19H13Br2N3O3. The van der Waals surface area contributed by atoms with E-state index in [1.165, 1.54) is 0 Å². The van der Waals surface area contributed by atoms with Crippen LogP contribution in [0.25, 0.3) is 10.9 Å². The molecule has 27 heavy (non-hydrogen) atoms. The van der Waals surface area contributed by atoms with E-state index < -0.39 is 0 Å². The lowest BCUT2D eigenvalue weighted by atomic mass is 10.0. The number of nitrogens with one attached hydrogen (secondary N) is 1. The standard InChI is InChI=1S/C19H13Br2N3O3/c20-9-1-3-14-12(5-9)16(19(25)23-14)18-17(24-27-8-11-7-26-11)13-6-10(21)2-4-15(13)22-18/h1-6,11,23,25H,7-8H2/b24-17+. The molecule has 2 aromatic carbocycles. The molecule has 2 N–H and O–H groups in total. The fourth-order valence-electron chi connectivity index (χ4n) is 3.10. The van der Waals surface area contributed by atoms with E-state index in [2.05, 4.69) is 42.0 Å². The zero-order valence-electron chi connectivity index (χ0n) is 13.9. The summed E-state index contributed by atoms with van der Waals surface area (Å²) in [6, 6.07) is 11.5. The van der Waals surface area contributed by atoms with Gasteiger partial charge in [0, 0.05) is 25.4 Å². The summed E-state index contributed by atoms with van der Waals surface area (Å²) >= 11 is 6.99. The predicted molar refractivity (Wildman–Crippen MR) is 110 cm³/mol. The Labute approximate surface area is 171 Å². The summed E-state index contributed by atoms with van der Waals surface area (Å²) in [5.74, 6) is 0.0481. The third-order valence-corrected chi connectivity index (χ3v) is 5.45. The molecule has 2 aliphatic rings. The first-order valence-electron chi connectivity index (χ1n) is 8.31. The van der Waals surface area contributed by atoms with Gasteiger partial charge in [-0.1, -0.05) is 37.0 Å². The van der Waals surface area contributed by atoms with Crippen LogP contribution in [0.4, 0.5) is 5.69 Å². The number of nitrogens with zero attached hydrogens (tertiary/aromatic N) is 2. The zero-order valence-corrected chi connectivity index (χ0v) is 17.0. The van der Waals surface area contributed by atoms with E-state index in [-0.39, 0.29) is 12.0 Å². The lowest BCUT2D eigenvalue weighted by Crippen LogP contribution is -2.14. The third-order valence-electron chi connectivity index (χ3n) is 4.47. The van der Waals surface area contributed by atoms with Crippen LogP contribution in [0.15, 0.2) is 55.5 Å². The normalized spacial score (nSPS) is 19.4. The second-order valence-corrected chi connectivity index (χ2v) is 8.18. The fourth-order valence-corrected chi connectivity index (χ4v) is 3.82. The largest absolute Gasteiger partial charge is 0.494 e. The summed E-state index contributed by atoms with van der Waals surface area (Å²) in [5.41, 5.74) is 4.20. The number of benzene rings is 2. The molecule has 0 radical (unpaired) electrons. The van der Waals surface area contributed by atoms with Crippen LogP contribution in [0.2, 0.25) is 0 Å². The number of oxime groups is 1. The number of ether oxygens (including phenoxy) is 1. The van der Waals surface area contributed by atoms with E-state index in [0.717, 1.165) is 31.1 Å². The number of aromatic amines is 1. The van der Waals surface area contributed by atoms with Crippen molar-refractivity contribution in [3.8, 4) is 5.88 Å². The van der Waals surface area contributed by atoms with Gasteiger partial charge in [-0.25, -0.2) is 4.99 Å². The Morgan fingerprint density at radius 3 is 2.81 bits per heavy atom. The van der Waals surface area contributed by atoms with E-state index in [1.807, 2.05) is 36.4 Å². The number of epoxide rings is 1. The maximum Gasteiger partial charge on any atom is 0.199 e. The number of aliphatic imine (C=N–C) groups is 1. The number of rotatable bonds is 4. The zero-order chi connectivity index (χ0) is 18.5. The molecule has 1 unspecified atom stereocenters. The van der Waals surface area contributed by atoms with Crippen molar-refractivity contribution in [3.05, 3.63) is 56.5 Å². The number of halogens is 2. The van der Waals surface area contributed by atoms with Crippen LogP contribution in [0.5, 0.6) is 5.88 Å². The van der Waals surface area contributed by atoms with Gasteiger partial charge in [0.1, 0.15) is 24.1 Å². The minimum Gasteiger partial charge on any atom is -0.494 e. The minimum absolute atomic E-state index is 0.0481. The summed E-state index contributed by atoms with van der Waals surface area (Å²) in [6.07, 6.45) is 0.107. The van der Waals surface area contributed by atoms with E-state index >= 15 is 0 Å². The lowest BCUT2D eigenvalue weighted by molar-refractivity contribution is 0.125. The van der Waals surface area contributed by atoms with Crippen molar-refractivity contribution in [3.63, 3.8) is 0 Å². The summed E-state index contributed by atoms with van der Waals surface area (Å²) in [6.45, 7) is 1.09. The van der Waals surface area contributed by atoms with Crippen LogP contribution in [0, 0.1) is 0 Å². The maximum absolute atomic E-state index is 10.6. The van der Waals surface area contributed by atoms with Gasteiger partial charge < -0.3 is 19.7 Å². The molecule has 8 heteroatoms. The second kappa shape index (κ2) is 6.47. The Kier molecular flexibility index (Phi) is 4.07. The Balaban J connectivity index is 1.66. The van der Waals surface area contributed by atoms with Crippen molar-refractivity contribution in [2.75, 3.05) is 13.2 Å². The highest BCUT2D eigenvalue weighted by Crippen LogP contribution is 2.37. The van der Waals surface area contributed by atoms with Crippen molar-refractivity contribution in [2.45, 2.75) is 6.10 Å². The summed E-state index contributed by atoms with van der Waals surface area (Å²) in [5, 5.41) is 15.8. The quantitative estimate of drug-likeness (QED) is 0.412. The van der Waals surface area contributed by atoms with Crippen molar-refractivity contribution < 1.29 is 14.7 Å². The van der Waals surface area contributed by atoms with Gasteiger partial charge in [0.2, 0.25) is 0 Å². The monoisotopic (exact) mass is 489 g/mol. The van der Waals surface area contributed by atoms with E-state index in [4.69, 9.17) is 14.6 Å². The molecule has 0 bridgehead atoms. The molecule has 6 nitrogen and oxygen atoms in total. The second-order valence-electron chi connectivity index (χ2n) is 6.35. The molecule has 0 saturated carbocycles. The highest BCUT2D eigenvalue weighted by atomic mass is 79.9. The van der Waals surface area contributed by atoms with E-state index in [0.29, 0.717) is 30.2 Å². The molecule has 136 valence electrons. The Bertz CT molecular complexity index is 1130. The number of H-pyrrole nitrogens is 1. The minimum atomic E-state index is 0.0481. The molecule has 3 aromatic rings. The molecule has 3 heterocycles. The van der Waals surface area contributed by atoms with Crippen LogP contribution < -0.4 is 0 Å². The van der Waals surface area contributed by atoms with Crippen molar-refractivity contribution in [2.24, 2.45) is 10.1 Å². The molecule has 0 spiro atoms. The number of aromatic nitrogens is 1. The van der Waals surface area contributed by atoms with Gasteiger partial charge in [0.15, 0.2) is 5.88 Å². The highest BCUT2D eigenvalue weighted by Gasteiger charge is 2.30. The molecule has 1 saturated heterocycles. The third kappa shape index (κ3) is 3.07. The maximum atomic E-state index is 10.6. The summed E-state index contributed by atoms with van der Waals surface area (Å²) < 4.78 is 7.00. The Morgan fingerprint density at radius 2 is 2.00 bits per heavy atom. The molecule has 1 fully saturated rings. The average molecular weight is 491 g/mol. The van der Waals surface area contributed by atoms with Crippen LogP contribution in [-0.2, 0) is 9.57 Å². The smallest absolute Gasteiger partial charge is 0.199 e. The fraction of sp³-hybridized carbons (Fsp3) is 0.158. The van der Waals surface area contributed by atoms with Gasteiger partial charge in [-0.2, -0.15) is 0 Å². The molecular weight excluding hydrogens is 478 g/mol. The number of fused-ring (bicyclic) bond motifs is 2. The van der Waals surface area contributed by atoms with Crippen LogP contribution in [0.1, 0.15) is 11.1 Å². The number of hydrogen-bond donors (Lipinski definition) is 2. The summed E-state index contributed by atoms with van der Waals surface area (Å²) in [7, 11) is 0. The topological polar surface area (TPSA) is 82.5 Å². The summed E-state index contributed by atoms with van der Waals surface area (Å²) in [4.78, 5) is 13.2. The van der Waals surface area contributed by atoms with Crippen LogP contribution in [0.3, 0.4) is 0 Å². The van der Waals surface area contributed by atoms with Crippen molar-refractivity contribution in [1.29, 1.82) is 0 Å². The first-order chi connectivity index (χ1) is 13.1. The molecule has 2 aliphatic heterocycles. The molecule has 5 rings (SSSR count). The molecule has 0 amide bonds. The van der Waals surface area contributed by atoms with Gasteiger partial charge in [-0.3, -0.25) is 0 Å². The van der Waals surface area contributed by atoms with Crippen molar-refractivity contribution in [1.82, 2.24) is 4.98 Å².